The smallest absolute Gasteiger partial charge is 0.193 e. The Morgan fingerprint density at radius 1 is 1.33 bits per heavy atom. The van der Waals surface area contributed by atoms with Gasteiger partial charge in [-0.15, -0.1) is 0 Å². The zero-order valence-electron chi connectivity index (χ0n) is 18.3. The van der Waals surface area contributed by atoms with Crippen LogP contribution >= 0.6 is 0 Å². The number of hydrogen-bond acceptors (Lipinski definition) is 3. The quantitative estimate of drug-likeness (QED) is 0.409. The van der Waals surface area contributed by atoms with Gasteiger partial charge in [0.25, 0.3) is 0 Å². The van der Waals surface area contributed by atoms with Crippen LogP contribution in [0.25, 0.3) is 0 Å². The van der Waals surface area contributed by atoms with Crippen LogP contribution in [0.3, 0.4) is 0 Å². The van der Waals surface area contributed by atoms with E-state index in [1.807, 2.05) is 17.9 Å². The summed E-state index contributed by atoms with van der Waals surface area (Å²) < 4.78 is 1.89. The van der Waals surface area contributed by atoms with Crippen molar-refractivity contribution in [2.24, 2.45) is 18.0 Å². The van der Waals surface area contributed by atoms with Gasteiger partial charge in [-0.2, -0.15) is 5.10 Å². The number of nitrogens with zero attached hydrogens (tertiary/aromatic N) is 5. The SMILES string of the molecule is CCNC(=NCCCN(C(C)C)C(C)C)N1CCC(Cc2cnn(C)c2)C1. The van der Waals surface area contributed by atoms with Crippen LogP contribution in [0.2, 0.25) is 0 Å². The van der Waals surface area contributed by atoms with Crippen molar-refractivity contribution in [2.75, 3.05) is 32.7 Å². The average molecular weight is 377 g/mol. The van der Waals surface area contributed by atoms with E-state index in [0.717, 1.165) is 51.5 Å². The van der Waals surface area contributed by atoms with E-state index in [9.17, 15) is 0 Å². The maximum atomic E-state index is 4.92. The van der Waals surface area contributed by atoms with Crippen LogP contribution in [-0.2, 0) is 13.5 Å². The molecule has 2 heterocycles. The Balaban J connectivity index is 1.84. The van der Waals surface area contributed by atoms with Crippen molar-refractivity contribution in [1.29, 1.82) is 0 Å². The lowest BCUT2D eigenvalue weighted by atomic mass is 10.0. The molecule has 27 heavy (non-hydrogen) atoms. The largest absolute Gasteiger partial charge is 0.357 e. The highest BCUT2D eigenvalue weighted by molar-refractivity contribution is 5.80. The lowest BCUT2D eigenvalue weighted by Crippen LogP contribution is -2.40. The molecule has 1 aromatic heterocycles. The fraction of sp³-hybridized carbons (Fsp3) is 0.810. The van der Waals surface area contributed by atoms with Crippen molar-refractivity contribution in [1.82, 2.24) is 24.9 Å². The number of guanidine groups is 1. The third-order valence-electron chi connectivity index (χ3n) is 5.37. The van der Waals surface area contributed by atoms with Gasteiger partial charge in [0.15, 0.2) is 5.96 Å². The molecule has 6 heteroatoms. The van der Waals surface area contributed by atoms with E-state index in [0.29, 0.717) is 18.0 Å². The summed E-state index contributed by atoms with van der Waals surface area (Å²) in [5, 5.41) is 7.79. The van der Waals surface area contributed by atoms with Gasteiger partial charge >= 0.3 is 0 Å². The van der Waals surface area contributed by atoms with Crippen LogP contribution in [0.5, 0.6) is 0 Å². The number of aryl methyl sites for hydroxylation is 1. The molecule has 0 bridgehead atoms. The van der Waals surface area contributed by atoms with Crippen LogP contribution in [0, 0.1) is 5.92 Å². The highest BCUT2D eigenvalue weighted by Crippen LogP contribution is 2.20. The molecule has 0 amide bonds. The number of aliphatic imine (C=N–C) groups is 1. The van der Waals surface area contributed by atoms with Gasteiger partial charge in [0.2, 0.25) is 0 Å². The van der Waals surface area contributed by atoms with Gasteiger partial charge in [-0.1, -0.05) is 0 Å². The van der Waals surface area contributed by atoms with Gasteiger partial charge < -0.3 is 10.2 Å². The minimum Gasteiger partial charge on any atom is -0.357 e. The van der Waals surface area contributed by atoms with Crippen LogP contribution in [0.4, 0.5) is 0 Å². The van der Waals surface area contributed by atoms with Crippen LogP contribution in [0.1, 0.15) is 53.0 Å². The summed E-state index contributed by atoms with van der Waals surface area (Å²) in [6, 6.07) is 1.18. The van der Waals surface area contributed by atoms with Gasteiger partial charge in [-0.05, 0) is 65.4 Å². The molecule has 6 nitrogen and oxygen atoms in total. The minimum absolute atomic E-state index is 0.592. The molecule has 1 atom stereocenters. The first-order valence-corrected chi connectivity index (χ1v) is 10.7. The number of hydrogen-bond donors (Lipinski definition) is 1. The molecule has 1 unspecified atom stereocenters. The first kappa shape index (κ1) is 21.7. The normalized spacial score (nSPS) is 18.3. The van der Waals surface area contributed by atoms with Crippen molar-refractivity contribution in [3.63, 3.8) is 0 Å². The number of aromatic nitrogens is 2. The molecule has 2 rings (SSSR count). The van der Waals surface area contributed by atoms with E-state index in [1.54, 1.807) is 0 Å². The molecule has 1 saturated heterocycles. The topological polar surface area (TPSA) is 48.7 Å². The second kappa shape index (κ2) is 10.7. The lowest BCUT2D eigenvalue weighted by molar-refractivity contribution is 0.174. The van der Waals surface area contributed by atoms with Gasteiger partial charge in [-0.3, -0.25) is 14.6 Å². The maximum absolute atomic E-state index is 4.92. The van der Waals surface area contributed by atoms with Gasteiger partial charge in [0.1, 0.15) is 0 Å². The standard InChI is InChI=1S/C21H40N6/c1-7-22-21(23-10-8-11-27(17(2)3)18(4)5)26-12-9-19(16-26)13-20-14-24-25(6)15-20/h14-15,17-19H,7-13,16H2,1-6H3,(H,22,23). The Hall–Kier alpha value is -1.56. The first-order chi connectivity index (χ1) is 12.9. The second-order valence-electron chi connectivity index (χ2n) is 8.34. The zero-order chi connectivity index (χ0) is 19.8. The van der Waals surface area contributed by atoms with Crippen molar-refractivity contribution in [3.8, 4) is 0 Å². The van der Waals surface area contributed by atoms with Crippen LogP contribution in [-0.4, -0.2) is 70.3 Å². The molecule has 1 N–H and O–H groups in total. The second-order valence-corrected chi connectivity index (χ2v) is 8.34. The number of rotatable bonds is 9. The van der Waals surface area contributed by atoms with Crippen LogP contribution < -0.4 is 5.32 Å². The molecule has 0 radical (unpaired) electrons. The van der Waals surface area contributed by atoms with E-state index < -0.39 is 0 Å². The Kier molecular flexibility index (Phi) is 8.61. The summed E-state index contributed by atoms with van der Waals surface area (Å²) in [7, 11) is 1.99. The summed E-state index contributed by atoms with van der Waals surface area (Å²) in [6.07, 6.45) is 7.59. The van der Waals surface area contributed by atoms with Gasteiger partial charge in [-0.25, -0.2) is 0 Å². The highest BCUT2D eigenvalue weighted by Gasteiger charge is 2.25. The third-order valence-corrected chi connectivity index (χ3v) is 5.37. The maximum Gasteiger partial charge on any atom is 0.193 e. The molecule has 0 spiro atoms. The summed E-state index contributed by atoms with van der Waals surface area (Å²) in [6.45, 7) is 16.4. The average Bonchev–Trinajstić information content (AvgIpc) is 3.22. The third kappa shape index (κ3) is 6.83. The monoisotopic (exact) mass is 376 g/mol. The molecule has 154 valence electrons. The van der Waals surface area contributed by atoms with E-state index >= 15 is 0 Å². The fourth-order valence-electron chi connectivity index (χ4n) is 4.08. The van der Waals surface area contributed by atoms with E-state index in [1.165, 1.54) is 12.0 Å². The van der Waals surface area contributed by atoms with Crippen molar-refractivity contribution in [2.45, 2.75) is 66.0 Å². The molecule has 0 aromatic carbocycles. The molecule has 1 aromatic rings. The fourth-order valence-corrected chi connectivity index (χ4v) is 4.08. The molecular weight excluding hydrogens is 336 g/mol. The Morgan fingerprint density at radius 3 is 2.67 bits per heavy atom. The number of likely N-dealkylation sites (tertiary alicyclic amines) is 1. The van der Waals surface area contributed by atoms with Crippen molar-refractivity contribution < 1.29 is 0 Å². The molecule has 0 aliphatic carbocycles. The van der Waals surface area contributed by atoms with Gasteiger partial charge in [0, 0.05) is 58.1 Å². The number of nitrogens with one attached hydrogen (secondary N) is 1. The first-order valence-electron chi connectivity index (χ1n) is 10.7. The molecule has 1 aliphatic rings. The molecule has 1 aliphatic heterocycles. The van der Waals surface area contributed by atoms with Gasteiger partial charge in [0.05, 0.1) is 6.20 Å². The van der Waals surface area contributed by atoms with E-state index in [2.05, 4.69) is 61.0 Å². The van der Waals surface area contributed by atoms with E-state index in [4.69, 9.17) is 4.99 Å². The minimum atomic E-state index is 0.592. The van der Waals surface area contributed by atoms with Crippen molar-refractivity contribution in [3.05, 3.63) is 18.0 Å². The predicted octanol–water partition coefficient (Wildman–Crippen LogP) is 2.76. The van der Waals surface area contributed by atoms with E-state index in [-0.39, 0.29) is 0 Å². The summed E-state index contributed by atoms with van der Waals surface area (Å²) in [5.41, 5.74) is 1.34. The highest BCUT2D eigenvalue weighted by atomic mass is 15.3. The molecule has 0 saturated carbocycles. The summed E-state index contributed by atoms with van der Waals surface area (Å²) >= 11 is 0. The Labute approximate surface area is 166 Å². The molecule has 1 fully saturated rings. The molecular formula is C21H40N6. The Morgan fingerprint density at radius 2 is 2.07 bits per heavy atom. The summed E-state index contributed by atoms with van der Waals surface area (Å²) in [5.74, 6) is 1.78. The summed E-state index contributed by atoms with van der Waals surface area (Å²) in [4.78, 5) is 9.90. The zero-order valence-corrected chi connectivity index (χ0v) is 18.3. The predicted molar refractivity (Wildman–Crippen MR) is 114 cm³/mol. The lowest BCUT2D eigenvalue weighted by Gasteiger charge is -2.30. The van der Waals surface area contributed by atoms with Crippen molar-refractivity contribution >= 4 is 5.96 Å². The Bertz CT molecular complexity index is 569. The van der Waals surface area contributed by atoms with Crippen LogP contribution in [0.15, 0.2) is 17.4 Å².